The van der Waals surface area contributed by atoms with Crippen molar-refractivity contribution in [2.75, 3.05) is 18.4 Å². The van der Waals surface area contributed by atoms with Crippen molar-refractivity contribution in [1.29, 1.82) is 0 Å². The summed E-state index contributed by atoms with van der Waals surface area (Å²) in [7, 11) is 0. The molecular formula is C25H28N4O3. The molecule has 0 bridgehead atoms. The zero-order chi connectivity index (χ0) is 22.7. The Bertz CT molecular complexity index is 1130. The molecule has 4 rings (SSSR count). The Balaban J connectivity index is 1.43. The quantitative estimate of drug-likeness (QED) is 0.630. The van der Waals surface area contributed by atoms with Gasteiger partial charge in [0.25, 0.3) is 5.91 Å². The summed E-state index contributed by atoms with van der Waals surface area (Å²) in [5.74, 6) is -0.00125. The number of fused-ring (bicyclic) bond motifs is 1. The number of rotatable bonds is 3. The van der Waals surface area contributed by atoms with Crippen LogP contribution in [0.3, 0.4) is 0 Å². The van der Waals surface area contributed by atoms with E-state index >= 15 is 0 Å². The van der Waals surface area contributed by atoms with Gasteiger partial charge in [-0.25, -0.2) is 4.79 Å². The highest BCUT2D eigenvalue weighted by Gasteiger charge is 2.28. The molecule has 0 aliphatic carbocycles. The Morgan fingerprint density at radius 1 is 1.03 bits per heavy atom. The van der Waals surface area contributed by atoms with E-state index in [0.717, 1.165) is 29.3 Å². The van der Waals surface area contributed by atoms with E-state index in [9.17, 15) is 9.59 Å². The van der Waals surface area contributed by atoms with Gasteiger partial charge in [-0.1, -0.05) is 18.2 Å². The van der Waals surface area contributed by atoms with Gasteiger partial charge in [-0.3, -0.25) is 14.8 Å². The molecule has 7 heteroatoms. The second-order valence-electron chi connectivity index (χ2n) is 9.05. The van der Waals surface area contributed by atoms with Crippen LogP contribution in [0.15, 0.2) is 54.9 Å². The van der Waals surface area contributed by atoms with E-state index in [1.807, 2.05) is 63.2 Å². The predicted molar refractivity (Wildman–Crippen MR) is 124 cm³/mol. The largest absolute Gasteiger partial charge is 0.444 e. The lowest BCUT2D eigenvalue weighted by Gasteiger charge is -2.33. The first-order valence-electron chi connectivity index (χ1n) is 10.9. The Morgan fingerprint density at radius 2 is 1.78 bits per heavy atom. The molecule has 7 nitrogen and oxygen atoms in total. The van der Waals surface area contributed by atoms with Crippen molar-refractivity contribution in [3.05, 3.63) is 66.1 Å². The van der Waals surface area contributed by atoms with Gasteiger partial charge < -0.3 is 15.0 Å². The van der Waals surface area contributed by atoms with Gasteiger partial charge in [-0.15, -0.1) is 0 Å². The van der Waals surface area contributed by atoms with E-state index in [1.54, 1.807) is 17.3 Å². The minimum Gasteiger partial charge on any atom is -0.444 e. The molecule has 3 heterocycles. The van der Waals surface area contributed by atoms with Crippen LogP contribution in [0.2, 0.25) is 0 Å². The highest BCUT2D eigenvalue weighted by Crippen LogP contribution is 2.29. The summed E-state index contributed by atoms with van der Waals surface area (Å²) < 4.78 is 5.47. The topological polar surface area (TPSA) is 84.4 Å². The first kappa shape index (κ1) is 21.7. The number of ether oxygens (including phenoxy) is 1. The summed E-state index contributed by atoms with van der Waals surface area (Å²) in [5, 5.41) is 3.90. The summed E-state index contributed by atoms with van der Waals surface area (Å²) in [5.41, 5.74) is 2.33. The van der Waals surface area contributed by atoms with Crippen LogP contribution in [-0.4, -0.2) is 45.6 Å². The minimum absolute atomic E-state index is 0.266. The summed E-state index contributed by atoms with van der Waals surface area (Å²) in [6.45, 7) is 6.87. The number of likely N-dealkylation sites (tertiary alicyclic amines) is 1. The number of aromatic nitrogens is 2. The minimum atomic E-state index is -0.499. The van der Waals surface area contributed by atoms with Crippen LogP contribution in [-0.2, 0) is 4.74 Å². The molecule has 3 aromatic rings. The van der Waals surface area contributed by atoms with Gasteiger partial charge in [-0.05, 0) is 69.4 Å². The number of carbonyl (C=O) groups excluding carboxylic acids is 2. The number of benzene rings is 1. The predicted octanol–water partition coefficient (Wildman–Crippen LogP) is 5.00. The van der Waals surface area contributed by atoms with Crippen LogP contribution >= 0.6 is 0 Å². The van der Waals surface area contributed by atoms with E-state index in [1.165, 1.54) is 0 Å². The molecule has 0 atom stereocenters. The summed E-state index contributed by atoms with van der Waals surface area (Å²) in [6.07, 6.45) is 4.75. The second kappa shape index (κ2) is 8.94. The molecule has 166 valence electrons. The van der Waals surface area contributed by atoms with Crippen molar-refractivity contribution in [3.63, 3.8) is 0 Å². The van der Waals surface area contributed by atoms with Gasteiger partial charge in [0.2, 0.25) is 0 Å². The number of pyridine rings is 2. The maximum Gasteiger partial charge on any atom is 0.410 e. The van der Waals surface area contributed by atoms with Crippen molar-refractivity contribution in [2.24, 2.45) is 0 Å². The number of amides is 2. The van der Waals surface area contributed by atoms with Crippen LogP contribution in [0.1, 0.15) is 55.6 Å². The molecule has 32 heavy (non-hydrogen) atoms. The number of nitrogens with zero attached hydrogens (tertiary/aromatic N) is 3. The molecule has 0 unspecified atom stereocenters. The zero-order valence-electron chi connectivity index (χ0n) is 18.7. The second-order valence-corrected chi connectivity index (χ2v) is 9.05. The van der Waals surface area contributed by atoms with E-state index in [2.05, 4.69) is 15.3 Å². The first-order chi connectivity index (χ1) is 15.3. The number of para-hydroxylation sites is 1. The van der Waals surface area contributed by atoms with Gasteiger partial charge >= 0.3 is 6.09 Å². The number of hydrogen-bond donors (Lipinski definition) is 1. The van der Waals surface area contributed by atoms with E-state index in [0.29, 0.717) is 24.5 Å². The molecule has 1 fully saturated rings. The molecule has 1 aromatic carbocycles. The number of anilines is 1. The third kappa shape index (κ3) is 5.04. The highest BCUT2D eigenvalue weighted by atomic mass is 16.6. The number of nitrogens with one attached hydrogen (secondary N) is 1. The fraction of sp³-hybridized carbons (Fsp3) is 0.360. The lowest BCUT2D eigenvalue weighted by atomic mass is 9.89. The van der Waals surface area contributed by atoms with Crippen LogP contribution < -0.4 is 5.32 Å². The highest BCUT2D eigenvalue weighted by molar-refractivity contribution is 6.07. The van der Waals surface area contributed by atoms with Gasteiger partial charge in [0.05, 0.1) is 11.2 Å². The number of hydrogen-bond acceptors (Lipinski definition) is 5. The number of piperidine rings is 1. The van der Waals surface area contributed by atoms with Crippen molar-refractivity contribution < 1.29 is 14.3 Å². The van der Waals surface area contributed by atoms with E-state index < -0.39 is 5.60 Å². The summed E-state index contributed by atoms with van der Waals surface area (Å²) in [4.78, 5) is 35.6. The zero-order valence-corrected chi connectivity index (χ0v) is 18.7. The smallest absolute Gasteiger partial charge is 0.410 e. The molecule has 1 aliphatic heterocycles. The molecule has 2 aromatic heterocycles. The standard InChI is InChI=1S/C25H28N4O3/c1-25(2,3)32-24(31)29-14-10-17(11-15-29)19-9-13-26-21(16-19)23(30)28-20-8-4-6-18-7-5-12-27-22(18)20/h4-9,12-13,16-17H,10-11,14-15H2,1-3H3,(H,28,30). The number of carbonyl (C=O) groups is 2. The van der Waals surface area contributed by atoms with Crippen LogP contribution in [0.25, 0.3) is 10.9 Å². The van der Waals surface area contributed by atoms with Crippen LogP contribution in [0.5, 0.6) is 0 Å². The molecule has 1 N–H and O–H groups in total. The fourth-order valence-corrected chi connectivity index (χ4v) is 3.94. The van der Waals surface area contributed by atoms with Crippen molar-refractivity contribution in [2.45, 2.75) is 45.1 Å². The molecule has 1 saturated heterocycles. The lowest BCUT2D eigenvalue weighted by Crippen LogP contribution is -2.41. The van der Waals surface area contributed by atoms with Crippen molar-refractivity contribution in [3.8, 4) is 0 Å². The Kier molecular flexibility index (Phi) is 6.08. The monoisotopic (exact) mass is 432 g/mol. The summed E-state index contributed by atoms with van der Waals surface area (Å²) in [6, 6.07) is 13.3. The Morgan fingerprint density at radius 3 is 2.53 bits per heavy atom. The molecule has 0 spiro atoms. The lowest BCUT2D eigenvalue weighted by molar-refractivity contribution is 0.0205. The Hall–Kier alpha value is -3.48. The molecule has 0 radical (unpaired) electrons. The maximum absolute atomic E-state index is 12.9. The molecule has 1 aliphatic rings. The van der Waals surface area contributed by atoms with Crippen molar-refractivity contribution >= 4 is 28.6 Å². The first-order valence-corrected chi connectivity index (χ1v) is 10.9. The molecular weight excluding hydrogens is 404 g/mol. The van der Waals surface area contributed by atoms with Crippen LogP contribution in [0.4, 0.5) is 10.5 Å². The third-order valence-electron chi connectivity index (χ3n) is 5.52. The SMILES string of the molecule is CC(C)(C)OC(=O)N1CCC(c2ccnc(C(=O)Nc3cccc4cccnc34)c2)CC1. The maximum atomic E-state index is 12.9. The average Bonchev–Trinajstić information content (AvgIpc) is 2.78. The summed E-state index contributed by atoms with van der Waals surface area (Å²) >= 11 is 0. The Labute approximate surface area is 187 Å². The van der Waals surface area contributed by atoms with Gasteiger partial charge in [0.15, 0.2) is 0 Å². The van der Waals surface area contributed by atoms with Gasteiger partial charge in [0, 0.05) is 30.9 Å². The average molecular weight is 433 g/mol. The fourth-order valence-electron chi connectivity index (χ4n) is 3.94. The van der Waals surface area contributed by atoms with E-state index in [4.69, 9.17) is 4.74 Å². The van der Waals surface area contributed by atoms with Crippen molar-refractivity contribution in [1.82, 2.24) is 14.9 Å². The molecule has 2 amide bonds. The van der Waals surface area contributed by atoms with E-state index in [-0.39, 0.29) is 17.9 Å². The normalized spacial score (nSPS) is 14.9. The van der Waals surface area contributed by atoms with Gasteiger partial charge in [0.1, 0.15) is 11.3 Å². The van der Waals surface area contributed by atoms with Gasteiger partial charge in [-0.2, -0.15) is 0 Å². The molecule has 0 saturated carbocycles. The third-order valence-corrected chi connectivity index (χ3v) is 5.52. The van der Waals surface area contributed by atoms with Crippen LogP contribution in [0, 0.1) is 0 Å².